The maximum Gasteiger partial charge on any atom is 0.280 e. The quantitative estimate of drug-likeness (QED) is 0.286. The van der Waals surface area contributed by atoms with Gasteiger partial charge >= 0.3 is 0 Å². The summed E-state index contributed by atoms with van der Waals surface area (Å²) in [6.07, 6.45) is 2.76. The summed E-state index contributed by atoms with van der Waals surface area (Å²) in [4.78, 5) is 12.4. The minimum Gasteiger partial charge on any atom is -0.480 e. The lowest BCUT2D eigenvalue weighted by Crippen LogP contribution is -2.33. The smallest absolute Gasteiger partial charge is 0.280 e. The van der Waals surface area contributed by atoms with Crippen molar-refractivity contribution in [3.8, 4) is 22.7 Å². The topological polar surface area (TPSA) is 68.5 Å². The van der Waals surface area contributed by atoms with Crippen molar-refractivity contribution in [2.24, 2.45) is 5.10 Å². The average molecular weight is 489 g/mol. The summed E-state index contributed by atoms with van der Waals surface area (Å²) in [5.74, 6) is 0.239. The molecule has 32 heavy (non-hydrogen) atoms. The van der Waals surface area contributed by atoms with Gasteiger partial charge in [-0.15, -0.1) is 0 Å². The minimum atomic E-state index is -0.716. The summed E-state index contributed by atoms with van der Waals surface area (Å²) in [5, 5.41) is 8.88. The number of aromatic nitrogens is 2. The molecule has 0 bridgehead atoms. The Morgan fingerprint density at radius 3 is 2.41 bits per heavy atom. The summed E-state index contributed by atoms with van der Waals surface area (Å²) in [6, 6.07) is 27.1. The largest absolute Gasteiger partial charge is 0.480 e. The molecule has 0 aliphatic rings. The second kappa shape index (κ2) is 10.1. The summed E-state index contributed by atoms with van der Waals surface area (Å²) in [5.41, 5.74) is 5.99. The van der Waals surface area contributed by atoms with Gasteiger partial charge in [-0.2, -0.15) is 10.2 Å². The number of ether oxygens (including phenoxy) is 1. The van der Waals surface area contributed by atoms with E-state index in [0.29, 0.717) is 5.75 Å². The van der Waals surface area contributed by atoms with E-state index in [1.54, 1.807) is 23.9 Å². The van der Waals surface area contributed by atoms with Gasteiger partial charge < -0.3 is 4.74 Å². The molecule has 1 heterocycles. The third kappa shape index (κ3) is 5.12. The molecule has 160 valence electrons. The number of hydrogen-bond donors (Lipinski definition) is 1. The lowest BCUT2D eigenvalue weighted by atomic mass is 10.1. The van der Waals surface area contributed by atoms with Crippen LogP contribution in [0.15, 0.2) is 101 Å². The highest BCUT2D eigenvalue weighted by Gasteiger charge is 2.16. The Bertz CT molecular complexity index is 1220. The van der Waals surface area contributed by atoms with Gasteiger partial charge in [0.2, 0.25) is 0 Å². The van der Waals surface area contributed by atoms with Crippen LogP contribution in [0.4, 0.5) is 0 Å². The number of amides is 1. The predicted octanol–water partition coefficient (Wildman–Crippen LogP) is 5.22. The van der Waals surface area contributed by atoms with Crippen molar-refractivity contribution in [1.82, 2.24) is 15.2 Å². The number of hydrazone groups is 1. The molecule has 3 aromatic carbocycles. The lowest BCUT2D eigenvalue weighted by Gasteiger charge is -2.13. The number of carbonyl (C=O) groups excluding carboxylic acids is 1. The van der Waals surface area contributed by atoms with E-state index < -0.39 is 6.10 Å². The summed E-state index contributed by atoms with van der Waals surface area (Å²) >= 11 is 3.41. The molecule has 1 atom stereocenters. The summed E-state index contributed by atoms with van der Waals surface area (Å²) in [7, 11) is 0. The molecule has 0 fully saturated rings. The predicted molar refractivity (Wildman–Crippen MR) is 129 cm³/mol. The number of rotatable bonds is 7. The van der Waals surface area contributed by atoms with Crippen molar-refractivity contribution in [2.75, 3.05) is 0 Å². The highest BCUT2D eigenvalue weighted by Crippen LogP contribution is 2.25. The van der Waals surface area contributed by atoms with E-state index in [1.807, 2.05) is 85.1 Å². The molecule has 1 aromatic heterocycles. The molecule has 1 unspecified atom stereocenters. The van der Waals surface area contributed by atoms with Crippen LogP contribution in [0.3, 0.4) is 0 Å². The maximum atomic E-state index is 12.4. The van der Waals surface area contributed by atoms with Crippen LogP contribution in [-0.4, -0.2) is 28.0 Å². The number of halogens is 1. The van der Waals surface area contributed by atoms with E-state index >= 15 is 0 Å². The van der Waals surface area contributed by atoms with E-state index in [0.717, 1.165) is 27.0 Å². The number of benzene rings is 3. The molecule has 1 N–H and O–H groups in total. The van der Waals surface area contributed by atoms with Crippen LogP contribution in [0.25, 0.3) is 16.9 Å². The summed E-state index contributed by atoms with van der Waals surface area (Å²) in [6.45, 7) is 1.67. The van der Waals surface area contributed by atoms with Gasteiger partial charge in [0.25, 0.3) is 5.91 Å². The van der Waals surface area contributed by atoms with Crippen molar-refractivity contribution >= 4 is 28.1 Å². The Labute approximate surface area is 194 Å². The van der Waals surface area contributed by atoms with Crippen LogP contribution in [0.2, 0.25) is 0 Å². The van der Waals surface area contributed by atoms with Gasteiger partial charge in [0.05, 0.1) is 16.4 Å². The van der Waals surface area contributed by atoms with Crippen LogP contribution in [0.5, 0.6) is 5.75 Å². The number of hydrogen-bond acceptors (Lipinski definition) is 4. The third-order valence-corrected chi connectivity index (χ3v) is 5.35. The highest BCUT2D eigenvalue weighted by atomic mass is 79.9. The Kier molecular flexibility index (Phi) is 6.77. The first-order valence-corrected chi connectivity index (χ1v) is 10.9. The Morgan fingerprint density at radius 1 is 1.03 bits per heavy atom. The Morgan fingerprint density at radius 2 is 1.69 bits per heavy atom. The van der Waals surface area contributed by atoms with Crippen LogP contribution in [-0.2, 0) is 4.79 Å². The van der Waals surface area contributed by atoms with Gasteiger partial charge in [0.1, 0.15) is 11.4 Å². The fraction of sp³-hybridized carbons (Fsp3) is 0.0800. The second-order valence-corrected chi connectivity index (χ2v) is 7.86. The standard InChI is InChI=1S/C25H21BrN4O2/c1-18(32-23-15-9-8-14-22(23)26)25(31)28-27-16-20-17-30(21-12-6-3-7-13-21)29-24(20)19-10-4-2-5-11-19/h2-18H,1H3,(H,28,31). The highest BCUT2D eigenvalue weighted by molar-refractivity contribution is 9.10. The van der Waals surface area contributed by atoms with E-state index in [2.05, 4.69) is 26.5 Å². The number of carbonyl (C=O) groups is 1. The number of nitrogens with one attached hydrogen (secondary N) is 1. The van der Waals surface area contributed by atoms with Gasteiger partial charge in [-0.25, -0.2) is 10.1 Å². The fourth-order valence-electron chi connectivity index (χ4n) is 3.06. The molecule has 4 aromatic rings. The van der Waals surface area contributed by atoms with Crippen LogP contribution in [0.1, 0.15) is 12.5 Å². The first-order valence-electron chi connectivity index (χ1n) is 10.1. The van der Waals surface area contributed by atoms with E-state index in [9.17, 15) is 4.79 Å². The number of nitrogens with zero attached hydrogens (tertiary/aromatic N) is 3. The van der Waals surface area contributed by atoms with E-state index in [-0.39, 0.29) is 5.91 Å². The molecule has 0 spiro atoms. The second-order valence-electron chi connectivity index (χ2n) is 7.00. The zero-order chi connectivity index (χ0) is 22.3. The van der Waals surface area contributed by atoms with Crippen molar-refractivity contribution in [2.45, 2.75) is 13.0 Å². The molecular formula is C25H21BrN4O2. The van der Waals surface area contributed by atoms with Crippen LogP contribution < -0.4 is 10.2 Å². The molecule has 0 saturated carbocycles. The van der Waals surface area contributed by atoms with Crippen LogP contribution in [0, 0.1) is 0 Å². The van der Waals surface area contributed by atoms with Gasteiger partial charge in [-0.1, -0.05) is 60.7 Å². The molecule has 7 heteroatoms. The van der Waals surface area contributed by atoms with Crippen molar-refractivity contribution in [1.29, 1.82) is 0 Å². The van der Waals surface area contributed by atoms with Crippen LogP contribution >= 0.6 is 15.9 Å². The first kappa shape index (κ1) is 21.5. The monoisotopic (exact) mass is 488 g/mol. The van der Waals surface area contributed by atoms with Crippen molar-refractivity contribution in [3.05, 3.63) is 101 Å². The molecule has 1 amide bonds. The zero-order valence-corrected chi connectivity index (χ0v) is 18.9. The van der Waals surface area contributed by atoms with Gasteiger partial charge in [0, 0.05) is 17.3 Å². The molecular weight excluding hydrogens is 468 g/mol. The fourth-order valence-corrected chi connectivity index (χ4v) is 3.43. The molecule has 0 radical (unpaired) electrons. The van der Waals surface area contributed by atoms with Gasteiger partial charge in [0.15, 0.2) is 6.10 Å². The molecule has 0 aliphatic carbocycles. The molecule has 4 rings (SSSR count). The SMILES string of the molecule is CC(Oc1ccccc1Br)C(=O)NN=Cc1cn(-c2ccccc2)nc1-c1ccccc1. The third-order valence-electron chi connectivity index (χ3n) is 4.70. The first-order chi connectivity index (χ1) is 15.6. The van der Waals surface area contributed by atoms with Crippen molar-refractivity contribution in [3.63, 3.8) is 0 Å². The Hall–Kier alpha value is -3.71. The van der Waals surface area contributed by atoms with Crippen molar-refractivity contribution < 1.29 is 9.53 Å². The average Bonchev–Trinajstić information content (AvgIpc) is 3.26. The Balaban J connectivity index is 1.52. The molecule has 0 aliphatic heterocycles. The zero-order valence-electron chi connectivity index (χ0n) is 17.4. The molecule has 0 saturated heterocycles. The van der Waals surface area contributed by atoms with E-state index in [4.69, 9.17) is 9.84 Å². The molecule has 6 nitrogen and oxygen atoms in total. The van der Waals surface area contributed by atoms with E-state index in [1.165, 1.54) is 0 Å². The summed E-state index contributed by atoms with van der Waals surface area (Å²) < 4.78 is 8.29. The van der Waals surface area contributed by atoms with Gasteiger partial charge in [-0.05, 0) is 47.1 Å². The number of para-hydroxylation sites is 2. The lowest BCUT2D eigenvalue weighted by molar-refractivity contribution is -0.127. The normalized spacial score (nSPS) is 11.9. The maximum absolute atomic E-state index is 12.4. The van der Waals surface area contributed by atoms with Gasteiger partial charge in [-0.3, -0.25) is 4.79 Å². The minimum absolute atomic E-state index is 0.353.